The molecule has 1 aliphatic rings. The first-order chi connectivity index (χ1) is 9.09. The first kappa shape index (κ1) is 13.7. The van der Waals surface area contributed by atoms with Crippen LogP contribution in [0.1, 0.15) is 29.6 Å². The normalized spacial score (nSPS) is 16.1. The monoisotopic (exact) mass is 284 g/mol. The molecule has 0 bridgehead atoms. The summed E-state index contributed by atoms with van der Waals surface area (Å²) >= 11 is 5.66. The summed E-state index contributed by atoms with van der Waals surface area (Å²) in [6, 6.07) is 1.29. The fourth-order valence-corrected chi connectivity index (χ4v) is 2.22. The van der Waals surface area contributed by atoms with Gasteiger partial charge in [-0.1, -0.05) is 18.0 Å². The van der Waals surface area contributed by atoms with Crippen molar-refractivity contribution in [3.63, 3.8) is 0 Å². The molecule has 0 saturated carbocycles. The van der Waals surface area contributed by atoms with Gasteiger partial charge in [0.25, 0.3) is 5.91 Å². The molecule has 0 radical (unpaired) electrons. The highest BCUT2D eigenvalue weighted by molar-refractivity contribution is 6.32. The van der Waals surface area contributed by atoms with Gasteiger partial charge in [-0.3, -0.25) is 20.3 Å². The minimum atomic E-state index is -0.694. The number of hydrogen-bond acceptors (Lipinski definition) is 5. The summed E-state index contributed by atoms with van der Waals surface area (Å²) < 4.78 is 0. The number of piperidine rings is 1. The fraction of sp³-hybridized carbons (Fsp3) is 0.455. The van der Waals surface area contributed by atoms with E-state index in [0.29, 0.717) is 0 Å². The molecular weight excluding hydrogens is 272 g/mol. The molecule has 102 valence electrons. The van der Waals surface area contributed by atoms with Gasteiger partial charge >= 0.3 is 5.69 Å². The summed E-state index contributed by atoms with van der Waals surface area (Å²) in [4.78, 5) is 25.9. The number of rotatable bonds is 3. The Labute approximate surface area is 114 Å². The van der Waals surface area contributed by atoms with Crippen molar-refractivity contribution in [3.05, 3.63) is 33.1 Å². The average molecular weight is 285 g/mol. The second kappa shape index (κ2) is 5.94. The van der Waals surface area contributed by atoms with Crippen LogP contribution >= 0.6 is 11.6 Å². The third kappa shape index (κ3) is 3.18. The summed E-state index contributed by atoms with van der Waals surface area (Å²) in [5.74, 6) is -0.530. The average Bonchev–Trinajstić information content (AvgIpc) is 2.39. The number of amides is 1. The van der Waals surface area contributed by atoms with E-state index in [1.807, 2.05) is 0 Å². The van der Waals surface area contributed by atoms with Crippen molar-refractivity contribution in [2.45, 2.75) is 19.3 Å². The van der Waals surface area contributed by atoms with E-state index in [9.17, 15) is 14.9 Å². The summed E-state index contributed by atoms with van der Waals surface area (Å²) in [7, 11) is 0. The Morgan fingerprint density at radius 3 is 2.74 bits per heavy atom. The van der Waals surface area contributed by atoms with Gasteiger partial charge in [0.15, 0.2) is 0 Å². The summed E-state index contributed by atoms with van der Waals surface area (Å²) in [5.41, 5.74) is 2.13. The van der Waals surface area contributed by atoms with E-state index in [4.69, 9.17) is 11.6 Å². The Balaban J connectivity index is 2.18. The minimum Gasteiger partial charge on any atom is -0.285 e. The maximum Gasteiger partial charge on any atom is 0.319 e. The number of nitrogens with one attached hydrogen (secondary N) is 1. The van der Waals surface area contributed by atoms with Gasteiger partial charge in [-0.25, -0.2) is 9.99 Å². The maximum absolute atomic E-state index is 12.0. The fourth-order valence-electron chi connectivity index (χ4n) is 1.99. The van der Waals surface area contributed by atoms with Gasteiger partial charge in [0, 0.05) is 19.3 Å². The summed E-state index contributed by atoms with van der Waals surface area (Å²) in [6.07, 6.45) is 4.41. The summed E-state index contributed by atoms with van der Waals surface area (Å²) in [5, 5.41) is 12.4. The Morgan fingerprint density at radius 2 is 2.11 bits per heavy atom. The highest BCUT2D eigenvalue weighted by Gasteiger charge is 2.26. The third-order valence-electron chi connectivity index (χ3n) is 2.92. The van der Waals surface area contributed by atoms with Crippen LogP contribution < -0.4 is 5.43 Å². The predicted octanol–water partition coefficient (Wildman–Crippen LogP) is 1.77. The molecule has 0 aromatic carbocycles. The van der Waals surface area contributed by atoms with Gasteiger partial charge in [-0.2, -0.15) is 0 Å². The van der Waals surface area contributed by atoms with Crippen LogP contribution in [-0.2, 0) is 0 Å². The van der Waals surface area contributed by atoms with E-state index in [0.717, 1.165) is 32.4 Å². The van der Waals surface area contributed by atoms with Crippen LogP contribution in [0.5, 0.6) is 0 Å². The molecule has 0 atom stereocenters. The Hall–Kier alpha value is -1.73. The molecule has 1 aromatic heterocycles. The van der Waals surface area contributed by atoms with Gasteiger partial charge in [0.05, 0.1) is 4.92 Å². The number of aromatic nitrogens is 1. The second-order valence-electron chi connectivity index (χ2n) is 4.24. The van der Waals surface area contributed by atoms with E-state index >= 15 is 0 Å². The van der Waals surface area contributed by atoms with Crippen LogP contribution in [0.3, 0.4) is 0 Å². The zero-order chi connectivity index (χ0) is 13.8. The first-order valence-electron chi connectivity index (χ1n) is 5.94. The standard InChI is InChI=1S/C11H13ClN4O3/c12-10-9(16(18)19)8(4-5-13-10)11(17)14-15-6-2-1-3-7-15/h4-5H,1-3,6-7H2,(H,14,17). The second-order valence-corrected chi connectivity index (χ2v) is 4.60. The Bertz CT molecular complexity index is 503. The van der Waals surface area contributed by atoms with Gasteiger partial charge in [0.1, 0.15) is 5.56 Å². The van der Waals surface area contributed by atoms with Crippen molar-refractivity contribution in [2.24, 2.45) is 0 Å². The number of halogens is 1. The minimum absolute atomic E-state index is 0.0735. The number of pyridine rings is 1. The molecule has 0 unspecified atom stereocenters. The number of hydrogen-bond donors (Lipinski definition) is 1. The third-order valence-corrected chi connectivity index (χ3v) is 3.20. The highest BCUT2D eigenvalue weighted by atomic mass is 35.5. The van der Waals surface area contributed by atoms with Gasteiger partial charge < -0.3 is 0 Å². The lowest BCUT2D eigenvalue weighted by atomic mass is 10.1. The number of carbonyl (C=O) groups excluding carboxylic acids is 1. The van der Waals surface area contributed by atoms with Crippen LogP contribution in [0.4, 0.5) is 5.69 Å². The van der Waals surface area contributed by atoms with Crippen LogP contribution in [0.2, 0.25) is 5.15 Å². The molecule has 1 saturated heterocycles. The molecule has 19 heavy (non-hydrogen) atoms. The lowest BCUT2D eigenvalue weighted by molar-refractivity contribution is -0.385. The molecule has 1 amide bonds. The molecule has 0 spiro atoms. The number of carbonyl (C=O) groups is 1. The zero-order valence-corrected chi connectivity index (χ0v) is 10.9. The van der Waals surface area contributed by atoms with Crippen molar-refractivity contribution in [1.29, 1.82) is 0 Å². The zero-order valence-electron chi connectivity index (χ0n) is 10.1. The van der Waals surface area contributed by atoms with Gasteiger partial charge in [-0.15, -0.1) is 0 Å². The topological polar surface area (TPSA) is 88.4 Å². The van der Waals surface area contributed by atoms with Crippen LogP contribution in [0.15, 0.2) is 12.3 Å². The molecule has 1 N–H and O–H groups in total. The predicted molar refractivity (Wildman–Crippen MR) is 68.8 cm³/mol. The van der Waals surface area contributed by atoms with Crippen LogP contribution in [0, 0.1) is 10.1 Å². The lowest BCUT2D eigenvalue weighted by Crippen LogP contribution is -2.45. The number of hydrazine groups is 1. The Morgan fingerprint density at radius 1 is 1.42 bits per heavy atom. The van der Waals surface area contributed by atoms with Crippen molar-refractivity contribution >= 4 is 23.2 Å². The molecule has 7 nitrogen and oxygen atoms in total. The molecule has 1 fully saturated rings. The highest BCUT2D eigenvalue weighted by Crippen LogP contribution is 2.25. The van der Waals surface area contributed by atoms with Gasteiger partial charge in [0.2, 0.25) is 5.15 Å². The largest absolute Gasteiger partial charge is 0.319 e. The molecule has 1 aliphatic heterocycles. The van der Waals surface area contributed by atoms with E-state index in [-0.39, 0.29) is 10.7 Å². The smallest absolute Gasteiger partial charge is 0.285 e. The maximum atomic E-state index is 12.0. The molecule has 0 aliphatic carbocycles. The molecule has 1 aromatic rings. The van der Waals surface area contributed by atoms with Crippen molar-refractivity contribution < 1.29 is 9.72 Å². The van der Waals surface area contributed by atoms with E-state index in [1.165, 1.54) is 12.3 Å². The van der Waals surface area contributed by atoms with Crippen molar-refractivity contribution in [3.8, 4) is 0 Å². The van der Waals surface area contributed by atoms with E-state index in [1.54, 1.807) is 5.01 Å². The molecule has 8 heteroatoms. The molecule has 2 rings (SSSR count). The van der Waals surface area contributed by atoms with E-state index < -0.39 is 16.5 Å². The summed E-state index contributed by atoms with van der Waals surface area (Å²) in [6.45, 7) is 1.50. The van der Waals surface area contributed by atoms with Crippen LogP contribution in [-0.4, -0.2) is 33.9 Å². The van der Waals surface area contributed by atoms with Crippen molar-refractivity contribution in [2.75, 3.05) is 13.1 Å². The number of nitrogens with zero attached hydrogens (tertiary/aromatic N) is 3. The van der Waals surface area contributed by atoms with Crippen molar-refractivity contribution in [1.82, 2.24) is 15.4 Å². The molecule has 2 heterocycles. The number of nitro groups is 1. The Kier molecular flexibility index (Phi) is 4.28. The lowest BCUT2D eigenvalue weighted by Gasteiger charge is -2.26. The van der Waals surface area contributed by atoms with E-state index in [2.05, 4.69) is 10.4 Å². The SMILES string of the molecule is O=C(NN1CCCCC1)c1ccnc(Cl)c1[N+](=O)[O-]. The van der Waals surface area contributed by atoms with Crippen LogP contribution in [0.25, 0.3) is 0 Å². The quantitative estimate of drug-likeness (QED) is 0.519. The molecular formula is C11H13ClN4O3. The van der Waals surface area contributed by atoms with Gasteiger partial charge in [-0.05, 0) is 18.9 Å². The first-order valence-corrected chi connectivity index (χ1v) is 6.32.